The summed E-state index contributed by atoms with van der Waals surface area (Å²) in [5, 5.41) is 113. The van der Waals surface area contributed by atoms with E-state index < -0.39 is 118 Å². The molecule has 1 aromatic rings. The lowest BCUT2D eigenvalue weighted by molar-refractivity contribution is -0.398. The van der Waals surface area contributed by atoms with Crippen LogP contribution in [0.4, 0.5) is 0 Å². The fourth-order valence-electron chi connectivity index (χ4n) is 5.49. The Kier molecular flexibility index (Phi) is 13.1. The third-order valence-electron chi connectivity index (χ3n) is 8.31. The Morgan fingerprint density at radius 2 is 1.39 bits per heavy atom. The Morgan fingerprint density at radius 1 is 0.796 bits per heavy atom. The number of esters is 1. The van der Waals surface area contributed by atoms with E-state index in [0.717, 1.165) is 6.08 Å². The number of carbonyl (C=O) groups excluding carboxylic acids is 1. The molecule has 0 spiro atoms. The predicted molar refractivity (Wildman–Crippen MR) is 155 cm³/mol. The molecule has 0 aromatic heterocycles. The number of rotatable bonds is 13. The standard InChI is InChI=1S/C29H42O20/c1-42-12-5-11(6-13(43-2)18(12)34)3-4-17(33)44-9-16-25(47-27-23(39)21(37)19(35)14(7-30)45-27)22(38)24(40)28(46-16)49-29(10-32)26(41)20(36)15(8-31)48-29/h3-6,14-16,19-28,30-32,34-41H,7-10H2,1-2H3/b4-3-/t14-,15-,16-,19-,20-,21+,22-,23-,24-,25-,26+,27+,28-,29+/m1/s1. The maximum atomic E-state index is 12.7. The SMILES string of the molecule is COc1cc(/C=C\C(=O)OC[C@H]2O[C@H](O[C@]3(CO)O[C@H](CO)[C@@H](O)[C@@H]3O)[C@H](O)[C@@H](O)[C@@H]2O[C@@H]2O[C@H](CO)[C@@H](O)[C@H](O)[C@H]2O)cc(OC)c1O. The summed E-state index contributed by atoms with van der Waals surface area (Å²) in [5.74, 6) is -3.65. The number of hydrogen-bond acceptors (Lipinski definition) is 20. The first-order valence-corrected chi connectivity index (χ1v) is 15.0. The molecule has 3 saturated heterocycles. The third kappa shape index (κ3) is 8.09. The monoisotopic (exact) mass is 710 g/mol. The van der Waals surface area contributed by atoms with Gasteiger partial charge in [0.2, 0.25) is 11.5 Å². The molecule has 0 amide bonds. The summed E-state index contributed by atoms with van der Waals surface area (Å²) in [6, 6.07) is 2.79. The van der Waals surface area contributed by atoms with Crippen LogP contribution in [0, 0.1) is 0 Å². The van der Waals surface area contributed by atoms with Crippen LogP contribution in [0.3, 0.4) is 0 Å². The van der Waals surface area contributed by atoms with Gasteiger partial charge in [-0.15, -0.1) is 0 Å². The zero-order chi connectivity index (χ0) is 36.2. The molecule has 11 N–H and O–H groups in total. The van der Waals surface area contributed by atoms with Crippen molar-refractivity contribution in [3.8, 4) is 17.2 Å². The molecule has 3 aliphatic rings. The molecule has 0 aliphatic carbocycles. The first kappa shape index (κ1) is 39.0. The summed E-state index contributed by atoms with van der Waals surface area (Å²) in [6.07, 6.45) is -21.2. The van der Waals surface area contributed by atoms with E-state index in [1.807, 2.05) is 0 Å². The smallest absolute Gasteiger partial charge is 0.330 e. The minimum atomic E-state index is -2.47. The van der Waals surface area contributed by atoms with Crippen molar-refractivity contribution in [2.45, 2.75) is 85.5 Å². The van der Waals surface area contributed by atoms with Crippen molar-refractivity contribution < 1.29 is 98.9 Å². The maximum Gasteiger partial charge on any atom is 0.330 e. The minimum absolute atomic E-state index is 0.0459. The zero-order valence-corrected chi connectivity index (χ0v) is 26.2. The summed E-state index contributed by atoms with van der Waals surface area (Å²) >= 11 is 0. The summed E-state index contributed by atoms with van der Waals surface area (Å²) in [7, 11) is 2.61. The van der Waals surface area contributed by atoms with Gasteiger partial charge in [0.15, 0.2) is 24.1 Å². The molecule has 20 nitrogen and oxygen atoms in total. The van der Waals surface area contributed by atoms with Gasteiger partial charge in [-0.1, -0.05) is 0 Å². The van der Waals surface area contributed by atoms with Crippen LogP contribution < -0.4 is 9.47 Å². The molecule has 278 valence electrons. The van der Waals surface area contributed by atoms with Gasteiger partial charge < -0.3 is 94.1 Å². The van der Waals surface area contributed by atoms with Gasteiger partial charge in [-0.3, -0.25) is 0 Å². The molecule has 0 unspecified atom stereocenters. The van der Waals surface area contributed by atoms with Crippen molar-refractivity contribution in [1.29, 1.82) is 0 Å². The fourth-order valence-corrected chi connectivity index (χ4v) is 5.49. The molecule has 0 radical (unpaired) electrons. The lowest BCUT2D eigenvalue weighted by Crippen LogP contribution is -2.66. The van der Waals surface area contributed by atoms with E-state index in [9.17, 15) is 61.0 Å². The van der Waals surface area contributed by atoms with Gasteiger partial charge in [0.05, 0.1) is 27.4 Å². The summed E-state index contributed by atoms with van der Waals surface area (Å²) in [5.41, 5.74) is 0.348. The fraction of sp³-hybridized carbons (Fsp3) is 0.690. The Labute approximate surface area is 278 Å². The lowest BCUT2D eigenvalue weighted by Gasteiger charge is -2.47. The molecule has 20 heteroatoms. The molecule has 49 heavy (non-hydrogen) atoms. The molecule has 4 rings (SSSR count). The first-order valence-electron chi connectivity index (χ1n) is 15.0. The number of carbonyl (C=O) groups is 1. The van der Waals surface area contributed by atoms with Crippen LogP contribution in [0.1, 0.15) is 5.56 Å². The third-order valence-corrected chi connectivity index (χ3v) is 8.31. The van der Waals surface area contributed by atoms with Gasteiger partial charge in [0.1, 0.15) is 80.4 Å². The van der Waals surface area contributed by atoms with E-state index in [1.165, 1.54) is 32.4 Å². The zero-order valence-electron chi connectivity index (χ0n) is 26.2. The van der Waals surface area contributed by atoms with Gasteiger partial charge in [-0.2, -0.15) is 0 Å². The van der Waals surface area contributed by atoms with E-state index in [-0.39, 0.29) is 17.2 Å². The van der Waals surface area contributed by atoms with Gasteiger partial charge in [-0.05, 0) is 23.8 Å². The molecule has 0 bridgehead atoms. The summed E-state index contributed by atoms with van der Waals surface area (Å²) < 4.78 is 43.0. The molecule has 3 heterocycles. The highest BCUT2D eigenvalue weighted by Gasteiger charge is 2.59. The van der Waals surface area contributed by atoms with Crippen LogP contribution in [-0.4, -0.2) is 188 Å². The van der Waals surface area contributed by atoms with Crippen molar-refractivity contribution in [3.63, 3.8) is 0 Å². The summed E-state index contributed by atoms with van der Waals surface area (Å²) in [4.78, 5) is 12.7. The van der Waals surface area contributed by atoms with Gasteiger partial charge in [-0.25, -0.2) is 4.79 Å². The van der Waals surface area contributed by atoms with Crippen LogP contribution in [0.15, 0.2) is 18.2 Å². The van der Waals surface area contributed by atoms with E-state index in [2.05, 4.69) is 0 Å². The van der Waals surface area contributed by atoms with Crippen LogP contribution in [0.5, 0.6) is 17.2 Å². The van der Waals surface area contributed by atoms with Crippen molar-refractivity contribution in [2.24, 2.45) is 0 Å². The van der Waals surface area contributed by atoms with Crippen LogP contribution in [-0.2, 0) is 33.2 Å². The largest absolute Gasteiger partial charge is 0.502 e. The normalized spacial score (nSPS) is 39.6. The quantitative estimate of drug-likeness (QED) is 0.0671. The first-order chi connectivity index (χ1) is 23.2. The second-order valence-electron chi connectivity index (χ2n) is 11.4. The topological polar surface area (TPSA) is 313 Å². The number of aliphatic hydroxyl groups excluding tert-OH is 10. The van der Waals surface area contributed by atoms with E-state index in [1.54, 1.807) is 0 Å². The highest BCUT2D eigenvalue weighted by atomic mass is 16.8. The summed E-state index contributed by atoms with van der Waals surface area (Å²) in [6.45, 7) is -3.52. The second-order valence-corrected chi connectivity index (χ2v) is 11.4. The Hall–Kier alpha value is -2.77. The Balaban J connectivity index is 1.56. The average molecular weight is 711 g/mol. The number of ether oxygens (including phenoxy) is 8. The Morgan fingerprint density at radius 3 is 1.94 bits per heavy atom. The number of benzene rings is 1. The number of aliphatic hydroxyl groups is 10. The van der Waals surface area contributed by atoms with E-state index >= 15 is 0 Å². The van der Waals surface area contributed by atoms with Gasteiger partial charge >= 0.3 is 5.97 Å². The van der Waals surface area contributed by atoms with Crippen molar-refractivity contribution in [3.05, 3.63) is 23.8 Å². The highest BCUT2D eigenvalue weighted by Crippen LogP contribution is 2.38. The molecular weight excluding hydrogens is 668 g/mol. The lowest BCUT2D eigenvalue weighted by atomic mass is 9.96. The van der Waals surface area contributed by atoms with Crippen molar-refractivity contribution in [1.82, 2.24) is 0 Å². The van der Waals surface area contributed by atoms with Crippen LogP contribution in [0.25, 0.3) is 6.08 Å². The van der Waals surface area contributed by atoms with E-state index in [4.69, 9.17) is 37.9 Å². The molecule has 3 fully saturated rings. The van der Waals surface area contributed by atoms with Crippen LogP contribution in [0.2, 0.25) is 0 Å². The molecular formula is C29H42O20. The van der Waals surface area contributed by atoms with E-state index in [0.29, 0.717) is 5.56 Å². The number of phenolic OH excluding ortho intramolecular Hbond substituents is 1. The number of phenols is 1. The molecule has 1 aromatic carbocycles. The minimum Gasteiger partial charge on any atom is -0.502 e. The van der Waals surface area contributed by atoms with Gasteiger partial charge in [0.25, 0.3) is 0 Å². The molecule has 0 saturated carbocycles. The van der Waals surface area contributed by atoms with Crippen molar-refractivity contribution in [2.75, 3.05) is 40.6 Å². The number of aromatic hydroxyl groups is 1. The van der Waals surface area contributed by atoms with Crippen LogP contribution >= 0.6 is 0 Å². The van der Waals surface area contributed by atoms with Crippen molar-refractivity contribution >= 4 is 12.0 Å². The second kappa shape index (κ2) is 16.5. The highest BCUT2D eigenvalue weighted by molar-refractivity contribution is 5.87. The van der Waals surface area contributed by atoms with Gasteiger partial charge in [0, 0.05) is 6.08 Å². The average Bonchev–Trinajstić information content (AvgIpc) is 3.34. The maximum absolute atomic E-state index is 12.7. The Bertz CT molecular complexity index is 1250. The number of methoxy groups -OCH3 is 2. The predicted octanol–water partition coefficient (Wildman–Crippen LogP) is -5.58. The molecule has 3 aliphatic heterocycles. The number of hydrogen-bond donors (Lipinski definition) is 11. The molecule has 14 atom stereocenters.